The minimum Gasteiger partial charge on any atom is -0.441 e. The van der Waals surface area contributed by atoms with E-state index in [1.807, 2.05) is 0 Å². The van der Waals surface area contributed by atoms with Gasteiger partial charge in [0.25, 0.3) is 5.56 Å². The van der Waals surface area contributed by atoms with Crippen molar-refractivity contribution in [2.75, 3.05) is 0 Å². The second-order valence-electron chi connectivity index (χ2n) is 3.95. The predicted octanol–water partition coefficient (Wildman–Crippen LogP) is 1.54. The summed E-state index contributed by atoms with van der Waals surface area (Å²) in [5.41, 5.74) is 0.276. The molecule has 2 N–H and O–H groups in total. The minimum absolute atomic E-state index is 0.192. The normalized spacial score (nSPS) is 13.9. The van der Waals surface area contributed by atoms with E-state index in [4.69, 9.17) is 4.74 Å². The maximum Gasteiger partial charge on any atom is 0.328 e. The summed E-state index contributed by atoms with van der Waals surface area (Å²) in [7, 11) is 0. The minimum atomic E-state index is -0.571. The number of fused-ring (bicyclic) bond motifs is 1. The number of aromatic nitrogens is 2. The van der Waals surface area contributed by atoms with Gasteiger partial charge in [-0.2, -0.15) is 0 Å². The number of rotatable bonds is 3. The molecule has 1 aliphatic rings. The second-order valence-corrected chi connectivity index (χ2v) is 3.95. The van der Waals surface area contributed by atoms with Gasteiger partial charge in [-0.1, -0.05) is 19.9 Å². The lowest BCUT2D eigenvalue weighted by atomic mass is 10.00. The molecule has 1 aromatic heterocycles. The standard InChI is InChI=1S/C12H14N2O3/c1-3-4-5-8-6-7(2)17-11-9(8)10(15)13-12(16)14-11/h6H,2-5H2,1H3,(H2,13,14,15,16). The molecule has 0 spiro atoms. The molecule has 0 saturated heterocycles. The van der Waals surface area contributed by atoms with Crippen LogP contribution in [0.1, 0.15) is 31.7 Å². The Morgan fingerprint density at radius 2 is 2.12 bits per heavy atom. The molecular formula is C12H14N2O3. The molecule has 0 saturated carbocycles. The molecule has 0 unspecified atom stereocenters. The van der Waals surface area contributed by atoms with Crippen LogP contribution in [0.25, 0.3) is 5.57 Å². The first-order chi connectivity index (χ1) is 8.11. The molecule has 1 aromatic rings. The molecule has 0 atom stereocenters. The van der Waals surface area contributed by atoms with Crippen molar-refractivity contribution in [3.63, 3.8) is 0 Å². The van der Waals surface area contributed by atoms with Crippen LogP contribution < -0.4 is 16.0 Å². The van der Waals surface area contributed by atoms with E-state index in [-0.39, 0.29) is 5.88 Å². The Morgan fingerprint density at radius 3 is 2.82 bits per heavy atom. The smallest absolute Gasteiger partial charge is 0.328 e. The average Bonchev–Trinajstić information content (AvgIpc) is 2.24. The van der Waals surface area contributed by atoms with Crippen molar-refractivity contribution in [1.82, 2.24) is 9.97 Å². The van der Waals surface area contributed by atoms with Gasteiger partial charge in [0.1, 0.15) is 11.3 Å². The van der Waals surface area contributed by atoms with Gasteiger partial charge in [0.2, 0.25) is 5.88 Å². The molecule has 0 bridgehead atoms. The molecule has 1 aliphatic heterocycles. The van der Waals surface area contributed by atoms with Crippen LogP contribution in [0, 0.1) is 0 Å². The Kier molecular flexibility index (Phi) is 2.99. The van der Waals surface area contributed by atoms with Gasteiger partial charge in [-0.15, -0.1) is 0 Å². The molecular weight excluding hydrogens is 220 g/mol. The number of nitrogens with one attached hydrogen (secondary N) is 2. The van der Waals surface area contributed by atoms with Crippen LogP contribution in [0.2, 0.25) is 0 Å². The third kappa shape index (κ3) is 2.22. The zero-order valence-corrected chi connectivity index (χ0v) is 9.63. The van der Waals surface area contributed by atoms with Crippen molar-refractivity contribution >= 4 is 5.57 Å². The molecule has 2 heterocycles. The molecule has 0 amide bonds. The lowest BCUT2D eigenvalue weighted by Crippen LogP contribution is -2.27. The Bertz CT molecular complexity index is 593. The van der Waals surface area contributed by atoms with Crippen LogP contribution in [0.3, 0.4) is 0 Å². The first-order valence-corrected chi connectivity index (χ1v) is 5.56. The Labute approximate surface area is 97.8 Å². The van der Waals surface area contributed by atoms with Crippen molar-refractivity contribution in [2.45, 2.75) is 26.2 Å². The summed E-state index contributed by atoms with van der Waals surface area (Å²) in [6.45, 7) is 5.77. The highest BCUT2D eigenvalue weighted by Gasteiger charge is 2.20. The van der Waals surface area contributed by atoms with Gasteiger partial charge >= 0.3 is 5.69 Å². The maximum absolute atomic E-state index is 11.7. The number of H-pyrrole nitrogens is 2. The number of hydrogen-bond acceptors (Lipinski definition) is 3. The van der Waals surface area contributed by atoms with Crippen LogP contribution in [-0.4, -0.2) is 9.97 Å². The van der Waals surface area contributed by atoms with E-state index in [0.29, 0.717) is 11.3 Å². The van der Waals surface area contributed by atoms with Crippen molar-refractivity contribution in [3.8, 4) is 5.88 Å². The van der Waals surface area contributed by atoms with Gasteiger partial charge in [-0.05, 0) is 24.5 Å². The number of allylic oxidation sites excluding steroid dienone is 2. The molecule has 2 rings (SSSR count). The van der Waals surface area contributed by atoms with Crippen LogP contribution in [0.4, 0.5) is 0 Å². The van der Waals surface area contributed by atoms with Crippen molar-refractivity contribution in [2.24, 2.45) is 0 Å². The average molecular weight is 234 g/mol. The van der Waals surface area contributed by atoms with Crippen molar-refractivity contribution in [3.05, 3.63) is 44.8 Å². The topological polar surface area (TPSA) is 75.0 Å². The fourth-order valence-electron chi connectivity index (χ4n) is 1.83. The SMILES string of the molecule is C=C1C=C(CCCC)c2c([nH]c(=O)[nH]c2=O)O1. The quantitative estimate of drug-likeness (QED) is 0.833. The third-order valence-corrected chi connectivity index (χ3v) is 2.60. The highest BCUT2D eigenvalue weighted by molar-refractivity contribution is 5.72. The molecule has 0 radical (unpaired) electrons. The van der Waals surface area contributed by atoms with Gasteiger partial charge in [0.05, 0.1) is 0 Å². The van der Waals surface area contributed by atoms with Crippen molar-refractivity contribution in [1.29, 1.82) is 0 Å². The Morgan fingerprint density at radius 1 is 1.35 bits per heavy atom. The Balaban J connectivity index is 2.53. The molecule has 5 nitrogen and oxygen atoms in total. The van der Waals surface area contributed by atoms with Crippen LogP contribution >= 0.6 is 0 Å². The van der Waals surface area contributed by atoms with Gasteiger partial charge in [0.15, 0.2) is 0 Å². The van der Waals surface area contributed by atoms with Crippen LogP contribution in [-0.2, 0) is 0 Å². The fraction of sp³-hybridized carbons (Fsp3) is 0.333. The third-order valence-electron chi connectivity index (χ3n) is 2.60. The predicted molar refractivity (Wildman–Crippen MR) is 65.0 cm³/mol. The van der Waals surface area contributed by atoms with E-state index in [1.54, 1.807) is 6.08 Å². The zero-order valence-electron chi connectivity index (χ0n) is 9.63. The number of unbranched alkanes of at least 4 members (excludes halogenated alkanes) is 1. The monoisotopic (exact) mass is 234 g/mol. The van der Waals surface area contributed by atoms with Gasteiger partial charge in [-0.3, -0.25) is 14.8 Å². The van der Waals surface area contributed by atoms with Gasteiger partial charge in [0, 0.05) is 0 Å². The van der Waals surface area contributed by atoms with Crippen LogP contribution in [0.15, 0.2) is 28.0 Å². The summed E-state index contributed by atoms with van der Waals surface area (Å²) in [6.07, 6.45) is 4.50. The summed E-state index contributed by atoms with van der Waals surface area (Å²) in [4.78, 5) is 27.6. The van der Waals surface area contributed by atoms with E-state index < -0.39 is 11.2 Å². The number of ether oxygens (including phenoxy) is 1. The van der Waals surface area contributed by atoms with Crippen LogP contribution in [0.5, 0.6) is 5.88 Å². The molecule has 0 aromatic carbocycles. The summed E-state index contributed by atoms with van der Waals surface area (Å²) in [6, 6.07) is 0. The maximum atomic E-state index is 11.7. The lowest BCUT2D eigenvalue weighted by molar-refractivity contribution is 0.417. The van der Waals surface area contributed by atoms with Gasteiger partial charge in [-0.25, -0.2) is 4.79 Å². The van der Waals surface area contributed by atoms with Gasteiger partial charge < -0.3 is 4.74 Å². The molecule has 0 fully saturated rings. The lowest BCUT2D eigenvalue weighted by Gasteiger charge is -2.17. The molecule has 0 aliphatic carbocycles. The molecule has 17 heavy (non-hydrogen) atoms. The Hall–Kier alpha value is -2.04. The second kappa shape index (κ2) is 4.45. The number of aromatic amines is 2. The summed E-state index contributed by atoms with van der Waals surface area (Å²) >= 11 is 0. The van der Waals surface area contributed by atoms with E-state index in [2.05, 4.69) is 23.5 Å². The highest BCUT2D eigenvalue weighted by atomic mass is 16.5. The molecule has 90 valence electrons. The highest BCUT2D eigenvalue weighted by Crippen LogP contribution is 2.30. The summed E-state index contributed by atoms with van der Waals surface area (Å²) < 4.78 is 5.26. The first-order valence-electron chi connectivity index (χ1n) is 5.56. The van der Waals surface area contributed by atoms with E-state index >= 15 is 0 Å². The summed E-state index contributed by atoms with van der Waals surface area (Å²) in [5, 5.41) is 0. The van der Waals surface area contributed by atoms with E-state index in [9.17, 15) is 9.59 Å². The van der Waals surface area contributed by atoms with Crippen molar-refractivity contribution < 1.29 is 4.74 Å². The number of hydrogen-bond donors (Lipinski definition) is 2. The zero-order chi connectivity index (χ0) is 12.4. The summed E-state index contributed by atoms with van der Waals surface area (Å²) in [5.74, 6) is 0.627. The largest absolute Gasteiger partial charge is 0.441 e. The van der Waals surface area contributed by atoms with E-state index in [0.717, 1.165) is 24.8 Å². The first kappa shape index (κ1) is 11.4. The van der Waals surface area contributed by atoms with E-state index in [1.165, 1.54) is 0 Å². The fourth-order valence-corrected chi connectivity index (χ4v) is 1.83. The molecule has 5 heteroatoms.